The molecule has 1 rings (SSSR count). The van der Waals surface area contributed by atoms with E-state index < -0.39 is 5.97 Å². The van der Waals surface area contributed by atoms with E-state index in [1.807, 2.05) is 6.08 Å². The van der Waals surface area contributed by atoms with Gasteiger partial charge in [0.1, 0.15) is 5.75 Å². The van der Waals surface area contributed by atoms with Crippen LogP contribution < -0.4 is 0 Å². The Hall–Kier alpha value is -1.77. The Morgan fingerprint density at radius 2 is 1.94 bits per heavy atom. The van der Waals surface area contributed by atoms with Crippen molar-refractivity contribution in [2.75, 3.05) is 0 Å². The summed E-state index contributed by atoms with van der Waals surface area (Å²) in [7, 11) is 0. The topological polar surface area (TPSA) is 46.5 Å². The second-order valence-corrected chi connectivity index (χ2v) is 4.17. The van der Waals surface area contributed by atoms with E-state index in [-0.39, 0.29) is 5.75 Å². The Kier molecular flexibility index (Phi) is 6.62. The Bertz CT molecular complexity index is 379. The van der Waals surface area contributed by atoms with Gasteiger partial charge in [-0.2, -0.15) is 0 Å². The van der Waals surface area contributed by atoms with Crippen molar-refractivity contribution in [1.29, 1.82) is 0 Å². The normalized spacial score (nSPS) is 10.7. The van der Waals surface area contributed by atoms with Gasteiger partial charge in [0.05, 0.1) is 11.8 Å². The lowest BCUT2D eigenvalue weighted by atomic mass is 10.1. The van der Waals surface area contributed by atoms with E-state index in [1.165, 1.54) is 49.8 Å². The molecule has 0 aromatic heterocycles. The number of aromatic hydroxyl groups is 1. The van der Waals surface area contributed by atoms with Gasteiger partial charge in [0.25, 0.3) is 0 Å². The van der Waals surface area contributed by atoms with E-state index in [2.05, 4.69) is 6.92 Å². The zero-order valence-corrected chi connectivity index (χ0v) is 10.8. The van der Waals surface area contributed by atoms with E-state index in [4.69, 9.17) is 9.84 Å². The summed E-state index contributed by atoms with van der Waals surface area (Å²) in [5, 5.41) is 9.09. The summed E-state index contributed by atoms with van der Waals surface area (Å²) in [5.41, 5.74) is 0.434. The highest BCUT2D eigenvalue weighted by molar-refractivity contribution is 5.89. The third-order valence-corrected chi connectivity index (χ3v) is 2.60. The average Bonchev–Trinajstić information content (AvgIpc) is 2.38. The second-order valence-electron chi connectivity index (χ2n) is 4.17. The maximum Gasteiger partial charge on any atom is 0.342 e. The van der Waals surface area contributed by atoms with Crippen LogP contribution in [0.3, 0.4) is 0 Å². The molecular weight excluding hydrogens is 228 g/mol. The quantitative estimate of drug-likeness (QED) is 0.450. The summed E-state index contributed by atoms with van der Waals surface area (Å²) in [6, 6.07) is 6.00. The minimum atomic E-state index is -0.403. The number of phenolic OH excluding ortho intramolecular Hbond substituents is 1. The molecule has 0 unspecified atom stereocenters. The summed E-state index contributed by atoms with van der Waals surface area (Å²) >= 11 is 0. The van der Waals surface area contributed by atoms with Crippen LogP contribution in [0.1, 0.15) is 49.4 Å². The lowest BCUT2D eigenvalue weighted by Gasteiger charge is -1.99. The highest BCUT2D eigenvalue weighted by Crippen LogP contribution is 2.10. The Morgan fingerprint density at radius 3 is 2.61 bits per heavy atom. The number of hydrogen-bond donors (Lipinski definition) is 1. The second kappa shape index (κ2) is 8.34. The summed E-state index contributed by atoms with van der Waals surface area (Å²) in [4.78, 5) is 11.5. The van der Waals surface area contributed by atoms with Gasteiger partial charge < -0.3 is 9.84 Å². The van der Waals surface area contributed by atoms with Gasteiger partial charge in [0.2, 0.25) is 0 Å². The first-order valence-electron chi connectivity index (χ1n) is 6.39. The van der Waals surface area contributed by atoms with E-state index in [1.54, 1.807) is 0 Å². The van der Waals surface area contributed by atoms with Crippen LogP contribution in [0.2, 0.25) is 0 Å². The number of unbranched alkanes of at least 4 members (excludes halogenated alkanes) is 4. The smallest absolute Gasteiger partial charge is 0.342 e. The zero-order valence-electron chi connectivity index (χ0n) is 10.8. The minimum Gasteiger partial charge on any atom is -0.508 e. The fourth-order valence-electron chi connectivity index (χ4n) is 1.53. The monoisotopic (exact) mass is 248 g/mol. The fraction of sp³-hybridized carbons (Fsp3) is 0.400. The van der Waals surface area contributed by atoms with Gasteiger partial charge in [-0.3, -0.25) is 0 Å². The molecule has 3 heteroatoms. The van der Waals surface area contributed by atoms with Crippen LogP contribution >= 0.6 is 0 Å². The molecule has 0 aliphatic heterocycles. The van der Waals surface area contributed by atoms with Gasteiger partial charge in [-0.05, 0) is 43.2 Å². The molecule has 0 atom stereocenters. The van der Waals surface area contributed by atoms with Crippen LogP contribution in [0.4, 0.5) is 0 Å². The molecule has 0 fully saturated rings. The molecule has 0 aliphatic rings. The summed E-state index contributed by atoms with van der Waals surface area (Å²) < 4.78 is 4.97. The SMILES string of the molecule is CCCCCCC=COC(=O)c1ccc(O)cc1. The van der Waals surface area contributed by atoms with Gasteiger partial charge in [0, 0.05) is 0 Å². The molecule has 1 N–H and O–H groups in total. The maximum atomic E-state index is 11.5. The molecule has 0 spiro atoms. The minimum absolute atomic E-state index is 0.137. The molecule has 98 valence electrons. The van der Waals surface area contributed by atoms with Crippen molar-refractivity contribution in [2.45, 2.75) is 39.0 Å². The molecule has 1 aromatic carbocycles. The van der Waals surface area contributed by atoms with E-state index >= 15 is 0 Å². The Labute approximate surface area is 108 Å². The van der Waals surface area contributed by atoms with Crippen molar-refractivity contribution in [3.63, 3.8) is 0 Å². The van der Waals surface area contributed by atoms with Gasteiger partial charge >= 0.3 is 5.97 Å². The first-order valence-corrected chi connectivity index (χ1v) is 6.39. The predicted octanol–water partition coefficient (Wildman–Crippen LogP) is 4.03. The largest absolute Gasteiger partial charge is 0.508 e. The van der Waals surface area contributed by atoms with Crippen molar-refractivity contribution in [3.8, 4) is 5.75 Å². The molecule has 0 heterocycles. The number of carbonyl (C=O) groups excluding carboxylic acids is 1. The molecule has 0 aliphatic carbocycles. The van der Waals surface area contributed by atoms with Crippen molar-refractivity contribution in [1.82, 2.24) is 0 Å². The summed E-state index contributed by atoms with van der Waals surface area (Å²) in [6.07, 6.45) is 9.06. The van der Waals surface area contributed by atoms with Crippen LogP contribution in [0, 0.1) is 0 Å². The molecule has 0 radical (unpaired) electrons. The van der Waals surface area contributed by atoms with Crippen LogP contribution in [0.25, 0.3) is 0 Å². The molecular formula is C15H20O3. The standard InChI is InChI=1S/C15H20O3/c1-2-3-4-5-6-7-12-18-15(17)13-8-10-14(16)11-9-13/h7-12,16H,2-6H2,1H3. The third-order valence-electron chi connectivity index (χ3n) is 2.60. The highest BCUT2D eigenvalue weighted by Gasteiger charge is 2.04. The van der Waals surface area contributed by atoms with Crippen molar-refractivity contribution in [2.24, 2.45) is 0 Å². The number of carbonyl (C=O) groups is 1. The van der Waals surface area contributed by atoms with Gasteiger partial charge in [-0.1, -0.05) is 26.2 Å². The summed E-state index contributed by atoms with van der Waals surface area (Å²) in [5.74, 6) is -0.266. The van der Waals surface area contributed by atoms with Crippen molar-refractivity contribution < 1.29 is 14.6 Å². The van der Waals surface area contributed by atoms with Crippen LogP contribution in [-0.2, 0) is 4.74 Å². The van der Waals surface area contributed by atoms with Crippen molar-refractivity contribution >= 4 is 5.97 Å². The predicted molar refractivity (Wildman–Crippen MR) is 71.4 cm³/mol. The Balaban J connectivity index is 2.24. The number of rotatable bonds is 7. The van der Waals surface area contributed by atoms with Gasteiger partial charge in [0.15, 0.2) is 0 Å². The molecule has 0 amide bonds. The van der Waals surface area contributed by atoms with Gasteiger partial charge in [-0.25, -0.2) is 4.79 Å². The van der Waals surface area contributed by atoms with E-state index in [9.17, 15) is 4.79 Å². The number of ether oxygens (including phenoxy) is 1. The average molecular weight is 248 g/mol. The first-order chi connectivity index (χ1) is 8.74. The third kappa shape index (κ3) is 5.53. The number of hydrogen-bond acceptors (Lipinski definition) is 3. The number of allylic oxidation sites excluding steroid dienone is 1. The molecule has 18 heavy (non-hydrogen) atoms. The van der Waals surface area contributed by atoms with E-state index in [0.717, 1.165) is 12.8 Å². The van der Waals surface area contributed by atoms with Crippen LogP contribution in [0.5, 0.6) is 5.75 Å². The van der Waals surface area contributed by atoms with Crippen molar-refractivity contribution in [3.05, 3.63) is 42.2 Å². The van der Waals surface area contributed by atoms with E-state index in [0.29, 0.717) is 5.56 Å². The fourth-order valence-corrected chi connectivity index (χ4v) is 1.53. The number of phenols is 1. The number of benzene rings is 1. The molecule has 3 nitrogen and oxygen atoms in total. The molecule has 0 saturated heterocycles. The zero-order chi connectivity index (χ0) is 13.2. The molecule has 0 saturated carbocycles. The maximum absolute atomic E-state index is 11.5. The van der Waals surface area contributed by atoms with Crippen LogP contribution in [-0.4, -0.2) is 11.1 Å². The van der Waals surface area contributed by atoms with Crippen LogP contribution in [0.15, 0.2) is 36.6 Å². The lowest BCUT2D eigenvalue weighted by Crippen LogP contribution is -1.99. The first kappa shape index (κ1) is 14.3. The Morgan fingerprint density at radius 1 is 1.22 bits per heavy atom. The highest BCUT2D eigenvalue weighted by atomic mass is 16.5. The molecule has 0 bridgehead atoms. The number of esters is 1. The molecule has 1 aromatic rings. The summed E-state index contributed by atoms with van der Waals surface area (Å²) in [6.45, 7) is 2.18. The lowest BCUT2D eigenvalue weighted by molar-refractivity contribution is 0.0662. The van der Waals surface area contributed by atoms with Gasteiger partial charge in [-0.15, -0.1) is 0 Å².